The maximum absolute atomic E-state index is 12.7. The van der Waals surface area contributed by atoms with E-state index in [4.69, 9.17) is 14.6 Å². The molecule has 2 heterocycles. The summed E-state index contributed by atoms with van der Waals surface area (Å²) in [6.07, 6.45) is 3.48. The predicted octanol–water partition coefficient (Wildman–Crippen LogP) is 4.38. The van der Waals surface area contributed by atoms with Crippen LogP contribution in [0.5, 0.6) is 5.88 Å². The fourth-order valence-electron chi connectivity index (χ4n) is 3.28. The van der Waals surface area contributed by atoms with Gasteiger partial charge in [0.15, 0.2) is 0 Å². The molecular weight excluding hydrogens is 350 g/mol. The predicted molar refractivity (Wildman–Crippen MR) is 104 cm³/mol. The summed E-state index contributed by atoms with van der Waals surface area (Å²) >= 11 is 1.10. The number of aromatic nitrogens is 1. The Hall–Kier alpha value is -1.47. The van der Waals surface area contributed by atoms with Gasteiger partial charge in [0.1, 0.15) is 10.6 Å². The van der Waals surface area contributed by atoms with E-state index in [1.54, 1.807) is 0 Å². The molecule has 1 saturated heterocycles. The summed E-state index contributed by atoms with van der Waals surface area (Å²) in [7, 11) is 0. The Bertz CT molecular complexity index is 616. The second kappa shape index (κ2) is 8.48. The summed E-state index contributed by atoms with van der Waals surface area (Å²) in [5.74, 6) is 0.580. The molecule has 2 rings (SSSR count). The van der Waals surface area contributed by atoms with E-state index in [1.165, 1.54) is 0 Å². The Morgan fingerprint density at radius 2 is 2.15 bits per heavy atom. The standard InChI is InChI=1S/C19H31N3O3S/c1-18(2,3)25-17(23)22-14(11-12-19(22,4)5)8-7-13-24-15-9-6-10-16(21-15)26-20/h6,9-10,14H,7-8,11-13,20H2,1-5H3. The van der Waals surface area contributed by atoms with Crippen LogP contribution in [0.2, 0.25) is 0 Å². The zero-order valence-electron chi connectivity index (χ0n) is 16.4. The molecule has 1 atom stereocenters. The molecule has 1 amide bonds. The van der Waals surface area contributed by atoms with Crippen molar-refractivity contribution in [1.29, 1.82) is 0 Å². The maximum atomic E-state index is 12.7. The van der Waals surface area contributed by atoms with Gasteiger partial charge in [-0.2, -0.15) is 0 Å². The van der Waals surface area contributed by atoms with Crippen LogP contribution in [0.25, 0.3) is 0 Å². The van der Waals surface area contributed by atoms with Gasteiger partial charge in [0, 0.05) is 17.6 Å². The molecule has 26 heavy (non-hydrogen) atoms. The quantitative estimate of drug-likeness (QED) is 0.582. The number of ether oxygens (including phenoxy) is 2. The van der Waals surface area contributed by atoms with Gasteiger partial charge in [-0.15, -0.1) is 0 Å². The van der Waals surface area contributed by atoms with E-state index < -0.39 is 5.60 Å². The molecule has 1 aliphatic heterocycles. The topological polar surface area (TPSA) is 77.7 Å². The lowest BCUT2D eigenvalue weighted by atomic mass is 10.0. The molecule has 0 aromatic carbocycles. The Morgan fingerprint density at radius 1 is 1.42 bits per heavy atom. The van der Waals surface area contributed by atoms with Crippen molar-refractivity contribution in [3.05, 3.63) is 18.2 Å². The summed E-state index contributed by atoms with van der Waals surface area (Å²) in [6.45, 7) is 10.5. The molecule has 0 saturated carbocycles. The lowest BCUT2D eigenvalue weighted by Crippen LogP contribution is -2.49. The molecule has 7 heteroatoms. The normalized spacial score (nSPS) is 19.5. The average molecular weight is 382 g/mol. The second-order valence-electron chi connectivity index (χ2n) is 8.28. The van der Waals surface area contributed by atoms with E-state index in [0.717, 1.165) is 42.7 Å². The van der Waals surface area contributed by atoms with Crippen molar-refractivity contribution in [2.75, 3.05) is 6.61 Å². The largest absolute Gasteiger partial charge is 0.478 e. The number of nitrogens with zero attached hydrogens (tertiary/aromatic N) is 2. The van der Waals surface area contributed by atoms with Crippen LogP contribution < -0.4 is 9.88 Å². The van der Waals surface area contributed by atoms with Crippen LogP contribution in [0.4, 0.5) is 4.79 Å². The monoisotopic (exact) mass is 381 g/mol. The molecule has 0 spiro atoms. The van der Waals surface area contributed by atoms with E-state index in [1.807, 2.05) is 43.9 Å². The molecule has 0 radical (unpaired) electrons. The van der Waals surface area contributed by atoms with Gasteiger partial charge in [-0.25, -0.2) is 9.78 Å². The third-order valence-electron chi connectivity index (χ3n) is 4.45. The van der Waals surface area contributed by atoms with Crippen LogP contribution in [0.1, 0.15) is 60.3 Å². The van der Waals surface area contributed by atoms with Crippen LogP contribution >= 0.6 is 11.9 Å². The van der Waals surface area contributed by atoms with Crippen LogP contribution in [-0.4, -0.2) is 39.8 Å². The van der Waals surface area contributed by atoms with Gasteiger partial charge in [-0.1, -0.05) is 6.07 Å². The van der Waals surface area contributed by atoms with Crippen molar-refractivity contribution in [1.82, 2.24) is 9.88 Å². The van der Waals surface area contributed by atoms with Gasteiger partial charge in [0.2, 0.25) is 5.88 Å². The van der Waals surface area contributed by atoms with E-state index in [9.17, 15) is 4.79 Å². The molecule has 146 valence electrons. The summed E-state index contributed by atoms with van der Waals surface area (Å²) < 4.78 is 11.3. The molecule has 0 aliphatic carbocycles. The molecule has 1 fully saturated rings. The molecule has 1 aliphatic rings. The molecule has 1 unspecified atom stereocenters. The Labute approximate surface area is 161 Å². The minimum Gasteiger partial charge on any atom is -0.478 e. The van der Waals surface area contributed by atoms with Crippen molar-refractivity contribution in [2.45, 2.75) is 82.5 Å². The number of carbonyl (C=O) groups excluding carboxylic acids is 1. The van der Waals surface area contributed by atoms with Crippen molar-refractivity contribution in [2.24, 2.45) is 5.14 Å². The molecule has 1 aromatic heterocycles. The van der Waals surface area contributed by atoms with Gasteiger partial charge in [-0.3, -0.25) is 5.14 Å². The maximum Gasteiger partial charge on any atom is 0.410 e. The Balaban J connectivity index is 1.88. The van der Waals surface area contributed by atoms with Crippen molar-refractivity contribution >= 4 is 18.0 Å². The smallest absolute Gasteiger partial charge is 0.410 e. The highest BCUT2D eigenvalue weighted by atomic mass is 32.2. The lowest BCUT2D eigenvalue weighted by molar-refractivity contribution is 0.00254. The van der Waals surface area contributed by atoms with Gasteiger partial charge in [0.05, 0.1) is 6.61 Å². The molecular formula is C19H31N3O3S. The van der Waals surface area contributed by atoms with E-state index in [-0.39, 0.29) is 17.7 Å². The summed E-state index contributed by atoms with van der Waals surface area (Å²) in [4.78, 5) is 18.9. The first-order chi connectivity index (χ1) is 12.1. The first-order valence-corrected chi connectivity index (χ1v) is 9.99. The number of nitrogens with two attached hydrogens (primary N) is 1. The molecule has 0 bridgehead atoms. The minimum atomic E-state index is -0.485. The van der Waals surface area contributed by atoms with Gasteiger partial charge in [0.25, 0.3) is 0 Å². The van der Waals surface area contributed by atoms with Crippen molar-refractivity contribution < 1.29 is 14.3 Å². The fourth-order valence-corrected chi connectivity index (χ4v) is 3.58. The average Bonchev–Trinajstić information content (AvgIpc) is 2.85. The van der Waals surface area contributed by atoms with Gasteiger partial charge in [-0.05, 0) is 78.3 Å². The second-order valence-corrected chi connectivity index (χ2v) is 8.93. The number of hydrogen-bond acceptors (Lipinski definition) is 6. The third-order valence-corrected chi connectivity index (χ3v) is 4.92. The minimum absolute atomic E-state index is 0.178. The number of carbonyl (C=O) groups is 1. The number of likely N-dealkylation sites (tertiary alicyclic amines) is 1. The lowest BCUT2D eigenvalue weighted by Gasteiger charge is -2.37. The van der Waals surface area contributed by atoms with Crippen molar-refractivity contribution in [3.8, 4) is 5.88 Å². The highest BCUT2D eigenvalue weighted by Crippen LogP contribution is 2.36. The molecule has 6 nitrogen and oxygen atoms in total. The van der Waals surface area contributed by atoms with E-state index in [0.29, 0.717) is 12.5 Å². The van der Waals surface area contributed by atoms with Crippen molar-refractivity contribution in [3.63, 3.8) is 0 Å². The zero-order valence-corrected chi connectivity index (χ0v) is 17.3. The SMILES string of the molecule is CC(C)(C)OC(=O)N1C(CCCOc2cccc(SN)n2)CCC1(C)C. The number of rotatable bonds is 6. The highest BCUT2D eigenvalue weighted by molar-refractivity contribution is 7.97. The fraction of sp³-hybridized carbons (Fsp3) is 0.684. The van der Waals surface area contributed by atoms with Gasteiger partial charge >= 0.3 is 6.09 Å². The first kappa shape index (κ1) is 20.8. The summed E-state index contributed by atoms with van der Waals surface area (Å²) in [5, 5.41) is 6.25. The van der Waals surface area contributed by atoms with Crippen LogP contribution in [-0.2, 0) is 4.74 Å². The van der Waals surface area contributed by atoms with Crippen LogP contribution in [0, 0.1) is 0 Å². The number of hydrogen-bond donors (Lipinski definition) is 1. The Kier molecular flexibility index (Phi) is 6.80. The zero-order chi connectivity index (χ0) is 19.4. The molecule has 2 N–H and O–H groups in total. The van der Waals surface area contributed by atoms with Gasteiger partial charge < -0.3 is 14.4 Å². The van der Waals surface area contributed by atoms with Crippen LogP contribution in [0.15, 0.2) is 23.2 Å². The first-order valence-electron chi connectivity index (χ1n) is 9.11. The summed E-state index contributed by atoms with van der Waals surface area (Å²) in [5.41, 5.74) is -0.663. The Morgan fingerprint density at radius 3 is 2.81 bits per heavy atom. The number of pyridine rings is 1. The van der Waals surface area contributed by atoms with E-state index in [2.05, 4.69) is 18.8 Å². The third kappa shape index (κ3) is 5.77. The summed E-state index contributed by atoms with van der Waals surface area (Å²) in [6, 6.07) is 5.73. The molecule has 1 aromatic rings. The number of amides is 1. The highest BCUT2D eigenvalue weighted by Gasteiger charge is 2.43. The van der Waals surface area contributed by atoms with E-state index >= 15 is 0 Å². The van der Waals surface area contributed by atoms with Crippen LogP contribution in [0.3, 0.4) is 0 Å².